The maximum atomic E-state index is 13.2. The van der Waals surface area contributed by atoms with Crippen LogP contribution in [0.1, 0.15) is 27.7 Å². The molecule has 1 saturated heterocycles. The molecule has 1 aliphatic heterocycles. The third kappa shape index (κ3) is 5.97. The van der Waals surface area contributed by atoms with Gasteiger partial charge in [0.2, 0.25) is 5.43 Å². The van der Waals surface area contributed by atoms with Gasteiger partial charge in [-0.25, -0.2) is 4.79 Å². The van der Waals surface area contributed by atoms with Crippen molar-refractivity contribution >= 4 is 45.0 Å². The van der Waals surface area contributed by atoms with Crippen molar-refractivity contribution in [3.63, 3.8) is 0 Å². The number of rotatable bonds is 7. The summed E-state index contributed by atoms with van der Waals surface area (Å²) in [6.45, 7) is 4.82. The van der Waals surface area contributed by atoms with Crippen molar-refractivity contribution in [3.05, 3.63) is 67.8 Å². The number of ether oxygens (including phenoxy) is 1. The van der Waals surface area contributed by atoms with Crippen LogP contribution in [0.3, 0.4) is 0 Å². The quantitative estimate of drug-likeness (QED) is 0.458. The summed E-state index contributed by atoms with van der Waals surface area (Å²) in [5, 5.41) is 13.5. The van der Waals surface area contributed by atoms with Crippen molar-refractivity contribution in [1.29, 1.82) is 0 Å². The summed E-state index contributed by atoms with van der Waals surface area (Å²) in [4.78, 5) is 41.1. The molecule has 3 aromatic rings. The summed E-state index contributed by atoms with van der Waals surface area (Å²) in [6, 6.07) is 7.98. The Bertz CT molecular complexity index is 1380. The Balaban J connectivity index is 1.54. The summed E-state index contributed by atoms with van der Waals surface area (Å²) in [5.74, 6) is 4.41. The minimum absolute atomic E-state index is 0.0759. The number of nitrogens with one attached hydrogen (secondary N) is 1. The van der Waals surface area contributed by atoms with Gasteiger partial charge in [-0.05, 0) is 30.7 Å². The first-order valence-corrected chi connectivity index (χ1v) is 12.8. The molecule has 1 fully saturated rings. The molecule has 3 heterocycles. The first-order chi connectivity index (χ1) is 17.4. The van der Waals surface area contributed by atoms with Gasteiger partial charge >= 0.3 is 5.97 Å². The number of pyridine rings is 1. The van der Waals surface area contributed by atoms with E-state index in [1.165, 1.54) is 11.3 Å². The predicted octanol–water partition coefficient (Wildman–Crippen LogP) is 3.00. The Morgan fingerprint density at radius 1 is 1.25 bits per heavy atom. The molecule has 1 aliphatic rings. The number of carboxylic acid groups (broad SMARTS) is 1. The maximum Gasteiger partial charge on any atom is 0.333 e. The number of hydrogen-bond acceptors (Lipinski definition) is 6. The van der Waals surface area contributed by atoms with Gasteiger partial charge in [-0.3, -0.25) is 14.5 Å². The summed E-state index contributed by atoms with van der Waals surface area (Å²) < 4.78 is 7.17. The number of thiophene rings is 1. The van der Waals surface area contributed by atoms with E-state index in [1.54, 1.807) is 29.3 Å². The SMILES string of the molecule is CCn1cc(C(=O)NCc2ccc(Cl)cc2)c(=O)c2cc(CC#CC(C(=O)O)N3CCOCC3)sc21. The first-order valence-electron chi connectivity index (χ1n) is 11.6. The van der Waals surface area contributed by atoms with Gasteiger partial charge in [-0.15, -0.1) is 11.3 Å². The second kappa shape index (κ2) is 11.7. The zero-order valence-electron chi connectivity index (χ0n) is 19.8. The highest BCUT2D eigenvalue weighted by Gasteiger charge is 2.25. The minimum atomic E-state index is -0.985. The van der Waals surface area contributed by atoms with Gasteiger partial charge in [0.15, 0.2) is 6.04 Å². The summed E-state index contributed by atoms with van der Waals surface area (Å²) >= 11 is 7.33. The van der Waals surface area contributed by atoms with Crippen molar-refractivity contribution in [2.24, 2.45) is 0 Å². The lowest BCUT2D eigenvalue weighted by atomic mass is 10.1. The number of halogens is 1. The van der Waals surface area contributed by atoms with Crippen LogP contribution in [-0.4, -0.2) is 58.8 Å². The van der Waals surface area contributed by atoms with Crippen LogP contribution in [0.5, 0.6) is 0 Å². The molecule has 0 saturated carbocycles. The number of amides is 1. The first kappa shape index (κ1) is 25.9. The molecule has 188 valence electrons. The van der Waals surface area contributed by atoms with Gasteiger partial charge in [0.1, 0.15) is 10.4 Å². The lowest BCUT2D eigenvalue weighted by molar-refractivity contribution is -0.142. The number of carboxylic acids is 1. The lowest BCUT2D eigenvalue weighted by Gasteiger charge is -2.28. The Labute approximate surface area is 217 Å². The fourth-order valence-electron chi connectivity index (χ4n) is 3.97. The molecular weight excluding hydrogens is 502 g/mol. The predicted molar refractivity (Wildman–Crippen MR) is 140 cm³/mol. The number of fused-ring (bicyclic) bond motifs is 1. The molecule has 10 heteroatoms. The molecule has 0 spiro atoms. The molecule has 8 nitrogen and oxygen atoms in total. The molecule has 1 unspecified atom stereocenters. The van der Waals surface area contributed by atoms with Crippen molar-refractivity contribution in [3.8, 4) is 11.8 Å². The van der Waals surface area contributed by atoms with Crippen molar-refractivity contribution < 1.29 is 19.4 Å². The average Bonchev–Trinajstić information content (AvgIpc) is 3.31. The normalized spacial score (nSPS) is 14.7. The molecule has 2 aromatic heterocycles. The molecule has 2 N–H and O–H groups in total. The van der Waals surface area contributed by atoms with E-state index in [0.717, 1.165) is 15.3 Å². The Kier molecular flexibility index (Phi) is 8.44. The zero-order chi connectivity index (χ0) is 25.7. The van der Waals surface area contributed by atoms with Crippen LogP contribution in [-0.2, 0) is 29.0 Å². The van der Waals surface area contributed by atoms with E-state index in [0.29, 0.717) is 49.7 Å². The maximum absolute atomic E-state index is 13.2. The van der Waals surface area contributed by atoms with Crippen LogP contribution in [0.25, 0.3) is 10.2 Å². The van der Waals surface area contributed by atoms with Crippen LogP contribution in [0.4, 0.5) is 0 Å². The molecule has 1 amide bonds. The van der Waals surface area contributed by atoms with Crippen LogP contribution in [0.15, 0.2) is 41.3 Å². The topological polar surface area (TPSA) is 101 Å². The standard InChI is InChI=1S/C26H26ClN3O5S/c1-2-29-16-21(24(32)28-15-17-6-8-18(27)9-7-17)23(31)20-14-19(36-25(20)29)4-3-5-22(26(33)34)30-10-12-35-13-11-30/h6-9,14,16,22H,2,4,10-13,15H2,1H3,(H,28,32)(H,33,34). The second-order valence-electron chi connectivity index (χ2n) is 8.29. The van der Waals surface area contributed by atoms with E-state index >= 15 is 0 Å². The molecule has 1 atom stereocenters. The van der Waals surface area contributed by atoms with E-state index < -0.39 is 17.9 Å². The van der Waals surface area contributed by atoms with E-state index in [1.807, 2.05) is 23.6 Å². The molecule has 0 bridgehead atoms. The van der Waals surface area contributed by atoms with Gasteiger partial charge < -0.3 is 19.7 Å². The number of carbonyl (C=O) groups is 2. The van der Waals surface area contributed by atoms with Crippen molar-refractivity contribution in [2.75, 3.05) is 26.3 Å². The molecular formula is C26H26ClN3O5S. The Morgan fingerprint density at radius 2 is 1.97 bits per heavy atom. The average molecular weight is 528 g/mol. The summed E-state index contributed by atoms with van der Waals surface area (Å²) in [6.07, 6.45) is 1.90. The van der Waals surface area contributed by atoms with E-state index in [-0.39, 0.29) is 17.5 Å². The van der Waals surface area contributed by atoms with E-state index in [9.17, 15) is 19.5 Å². The van der Waals surface area contributed by atoms with Crippen molar-refractivity contribution in [1.82, 2.24) is 14.8 Å². The molecule has 36 heavy (non-hydrogen) atoms. The van der Waals surface area contributed by atoms with Gasteiger partial charge in [0.05, 0.1) is 18.6 Å². The fourth-order valence-corrected chi connectivity index (χ4v) is 5.22. The Morgan fingerprint density at radius 3 is 2.64 bits per heavy atom. The number of aliphatic carboxylic acids is 1. The highest BCUT2D eigenvalue weighted by Crippen LogP contribution is 2.24. The number of morpholine rings is 1. The molecule has 0 aliphatic carbocycles. The third-order valence-corrected chi connectivity index (χ3v) is 7.32. The molecule has 0 radical (unpaired) electrons. The van der Waals surface area contributed by atoms with Gasteiger partial charge in [-0.2, -0.15) is 0 Å². The number of aryl methyl sites for hydroxylation is 1. The van der Waals surface area contributed by atoms with Crippen LogP contribution in [0.2, 0.25) is 5.02 Å². The van der Waals surface area contributed by atoms with Crippen LogP contribution >= 0.6 is 22.9 Å². The highest BCUT2D eigenvalue weighted by atomic mass is 35.5. The van der Waals surface area contributed by atoms with Gasteiger partial charge in [0, 0.05) is 48.7 Å². The highest BCUT2D eigenvalue weighted by molar-refractivity contribution is 7.18. The smallest absolute Gasteiger partial charge is 0.333 e. The molecule has 4 rings (SSSR count). The lowest BCUT2D eigenvalue weighted by Crippen LogP contribution is -2.46. The number of hydrogen-bond donors (Lipinski definition) is 2. The zero-order valence-corrected chi connectivity index (χ0v) is 21.3. The number of carbonyl (C=O) groups excluding carboxylic acids is 1. The summed E-state index contributed by atoms with van der Waals surface area (Å²) in [5.41, 5.74) is 0.611. The number of nitrogens with zero attached hydrogens (tertiary/aromatic N) is 2. The fraction of sp³-hybridized carbons (Fsp3) is 0.346. The van der Waals surface area contributed by atoms with Crippen molar-refractivity contribution in [2.45, 2.75) is 32.5 Å². The Hall–Kier alpha value is -3.16. The number of benzene rings is 1. The van der Waals surface area contributed by atoms with Gasteiger partial charge in [-0.1, -0.05) is 35.6 Å². The minimum Gasteiger partial charge on any atom is -0.479 e. The van der Waals surface area contributed by atoms with Gasteiger partial charge in [0.25, 0.3) is 5.91 Å². The largest absolute Gasteiger partial charge is 0.479 e. The number of aromatic nitrogens is 1. The van der Waals surface area contributed by atoms with E-state index in [2.05, 4.69) is 17.2 Å². The summed E-state index contributed by atoms with van der Waals surface area (Å²) in [7, 11) is 0. The van der Waals surface area contributed by atoms with E-state index in [4.69, 9.17) is 16.3 Å². The van der Waals surface area contributed by atoms with Crippen LogP contribution in [0, 0.1) is 11.8 Å². The third-order valence-electron chi connectivity index (χ3n) is 5.90. The second-order valence-corrected chi connectivity index (χ2v) is 9.84. The van der Waals surface area contributed by atoms with Crippen LogP contribution < -0.4 is 10.7 Å². The monoisotopic (exact) mass is 527 g/mol. The molecule has 1 aromatic carbocycles.